The minimum atomic E-state index is -0.777. The van der Waals surface area contributed by atoms with E-state index in [0.717, 1.165) is 16.7 Å². The molecule has 196 valence electrons. The molecular formula is C32H28N2O5. The fourth-order valence-electron chi connectivity index (χ4n) is 4.66. The second kappa shape index (κ2) is 11.2. The highest BCUT2D eigenvalue weighted by Gasteiger charge is 2.46. The third kappa shape index (κ3) is 5.38. The molecule has 1 aliphatic heterocycles. The number of pyridine rings is 1. The van der Waals surface area contributed by atoms with Gasteiger partial charge in [0.15, 0.2) is 0 Å². The van der Waals surface area contributed by atoms with Crippen LogP contribution in [-0.4, -0.2) is 33.8 Å². The monoisotopic (exact) mass is 520 g/mol. The number of carbonyl (C=O) groups is 2. The van der Waals surface area contributed by atoms with Crippen LogP contribution in [0.5, 0.6) is 11.5 Å². The van der Waals surface area contributed by atoms with Gasteiger partial charge in [-0.3, -0.25) is 14.6 Å². The van der Waals surface area contributed by atoms with Gasteiger partial charge in [-0.25, -0.2) is 0 Å². The van der Waals surface area contributed by atoms with E-state index in [4.69, 9.17) is 9.47 Å². The second-order valence-electron chi connectivity index (χ2n) is 9.30. The summed E-state index contributed by atoms with van der Waals surface area (Å²) in [6, 6.07) is 24.8. The highest BCUT2D eigenvalue weighted by Crippen LogP contribution is 2.40. The van der Waals surface area contributed by atoms with Crippen molar-refractivity contribution in [2.24, 2.45) is 0 Å². The van der Waals surface area contributed by atoms with E-state index in [0.29, 0.717) is 29.2 Å². The molecule has 0 unspecified atom stereocenters. The molecule has 0 saturated carbocycles. The third-order valence-electron chi connectivity index (χ3n) is 6.86. The molecule has 0 radical (unpaired) electrons. The Morgan fingerprint density at radius 1 is 0.897 bits per heavy atom. The molecule has 1 N–H and O–H groups in total. The Labute approximate surface area is 227 Å². The van der Waals surface area contributed by atoms with E-state index in [1.165, 1.54) is 4.90 Å². The smallest absolute Gasteiger partial charge is 0.295 e. The first-order chi connectivity index (χ1) is 19.0. The molecule has 4 aromatic rings. The number of hydrogen-bond acceptors (Lipinski definition) is 6. The first-order valence-corrected chi connectivity index (χ1v) is 12.6. The zero-order chi connectivity index (χ0) is 27.4. The van der Waals surface area contributed by atoms with Crippen LogP contribution in [0.15, 0.2) is 103 Å². The minimum Gasteiger partial charge on any atom is -0.507 e. The number of carbonyl (C=O) groups excluding carboxylic acids is 2. The van der Waals surface area contributed by atoms with Crippen LogP contribution in [0.2, 0.25) is 0 Å². The summed E-state index contributed by atoms with van der Waals surface area (Å²) in [6.45, 7) is 2.63. The lowest BCUT2D eigenvalue weighted by Gasteiger charge is -2.25. The third-order valence-corrected chi connectivity index (χ3v) is 6.86. The van der Waals surface area contributed by atoms with Gasteiger partial charge in [0.25, 0.3) is 11.7 Å². The summed E-state index contributed by atoms with van der Waals surface area (Å²) in [4.78, 5) is 32.1. The number of benzene rings is 3. The number of methoxy groups -OCH3 is 1. The number of aliphatic hydroxyl groups is 1. The number of rotatable bonds is 8. The van der Waals surface area contributed by atoms with Gasteiger partial charge in [-0.2, -0.15) is 0 Å². The number of ether oxygens (including phenoxy) is 2. The number of ketones is 1. The van der Waals surface area contributed by atoms with Crippen LogP contribution >= 0.6 is 0 Å². The number of aromatic nitrogens is 1. The first kappa shape index (κ1) is 25.7. The average Bonchev–Trinajstić information content (AvgIpc) is 3.22. The van der Waals surface area contributed by atoms with Crippen molar-refractivity contribution in [3.05, 3.63) is 131 Å². The fourth-order valence-corrected chi connectivity index (χ4v) is 4.66. The topological polar surface area (TPSA) is 89.0 Å². The van der Waals surface area contributed by atoms with E-state index in [9.17, 15) is 14.7 Å². The number of likely N-dealkylation sites (tertiary alicyclic amines) is 1. The van der Waals surface area contributed by atoms with Gasteiger partial charge in [-0.05, 0) is 77.7 Å². The summed E-state index contributed by atoms with van der Waals surface area (Å²) < 4.78 is 11.2. The number of Topliss-reactive ketones (excluding diaryl/α,β-unsaturated/α-hetero) is 1. The number of aliphatic hydroxyl groups excluding tert-OH is 1. The lowest BCUT2D eigenvalue weighted by Crippen LogP contribution is -2.29. The lowest BCUT2D eigenvalue weighted by molar-refractivity contribution is -0.140. The van der Waals surface area contributed by atoms with E-state index < -0.39 is 17.7 Å². The molecule has 3 aromatic carbocycles. The van der Waals surface area contributed by atoms with Crippen LogP contribution in [-0.2, 0) is 22.7 Å². The maximum atomic E-state index is 13.3. The molecule has 0 bridgehead atoms. The molecule has 1 atom stereocenters. The molecule has 0 spiro atoms. The maximum absolute atomic E-state index is 13.3. The molecule has 1 saturated heterocycles. The molecule has 7 nitrogen and oxygen atoms in total. The number of aryl methyl sites for hydroxylation is 1. The Morgan fingerprint density at radius 2 is 1.56 bits per heavy atom. The Bertz CT molecular complexity index is 1510. The Hall–Kier alpha value is -4.91. The quantitative estimate of drug-likeness (QED) is 0.185. The SMILES string of the molecule is COc1ccc([C@H]2C(=C(O)c3ccc(OCc4ccccc4C)cc3)C(=O)C(=O)N2Cc2ccncc2)cc1. The zero-order valence-electron chi connectivity index (χ0n) is 21.7. The number of hydrogen-bond donors (Lipinski definition) is 1. The van der Waals surface area contributed by atoms with Crippen LogP contribution in [0.4, 0.5) is 0 Å². The van der Waals surface area contributed by atoms with E-state index >= 15 is 0 Å². The van der Waals surface area contributed by atoms with Crippen molar-refractivity contribution in [1.29, 1.82) is 0 Å². The molecule has 7 heteroatoms. The standard InChI is InChI=1S/C32H28N2O5/c1-21-5-3-4-6-25(21)20-39-27-13-9-24(10-14-27)30(35)28-29(23-7-11-26(38-2)12-8-23)34(32(37)31(28)36)19-22-15-17-33-18-16-22/h3-18,29,35H,19-20H2,1-2H3/t29-/m0/s1. The van der Waals surface area contributed by atoms with E-state index in [-0.39, 0.29) is 17.9 Å². The van der Waals surface area contributed by atoms with Gasteiger partial charge < -0.3 is 19.5 Å². The van der Waals surface area contributed by atoms with E-state index in [1.54, 1.807) is 80.2 Å². The fraction of sp³-hybridized carbons (Fsp3) is 0.156. The van der Waals surface area contributed by atoms with Crippen molar-refractivity contribution in [1.82, 2.24) is 9.88 Å². The van der Waals surface area contributed by atoms with Crippen molar-refractivity contribution in [3.63, 3.8) is 0 Å². The van der Waals surface area contributed by atoms with Gasteiger partial charge in [0.1, 0.15) is 23.9 Å². The molecule has 1 fully saturated rings. The Morgan fingerprint density at radius 3 is 2.23 bits per heavy atom. The van der Waals surface area contributed by atoms with Gasteiger partial charge in [-0.1, -0.05) is 36.4 Å². The van der Waals surface area contributed by atoms with Gasteiger partial charge in [0.05, 0.1) is 18.7 Å². The van der Waals surface area contributed by atoms with E-state index in [1.807, 2.05) is 31.2 Å². The highest BCUT2D eigenvalue weighted by molar-refractivity contribution is 6.46. The summed E-state index contributed by atoms with van der Waals surface area (Å²) in [5.74, 6) is -0.378. The number of amides is 1. The largest absolute Gasteiger partial charge is 0.507 e. The summed E-state index contributed by atoms with van der Waals surface area (Å²) >= 11 is 0. The second-order valence-corrected chi connectivity index (χ2v) is 9.30. The van der Waals surface area contributed by atoms with Crippen LogP contribution < -0.4 is 9.47 Å². The summed E-state index contributed by atoms with van der Waals surface area (Å²) in [5.41, 5.74) is 4.18. The van der Waals surface area contributed by atoms with Gasteiger partial charge in [0.2, 0.25) is 0 Å². The molecule has 5 rings (SSSR count). The maximum Gasteiger partial charge on any atom is 0.295 e. The Balaban J connectivity index is 1.48. The van der Waals surface area contributed by atoms with Crippen LogP contribution in [0.1, 0.15) is 33.9 Å². The summed E-state index contributed by atoms with van der Waals surface area (Å²) in [5, 5.41) is 11.4. The molecule has 0 aliphatic carbocycles. The molecule has 39 heavy (non-hydrogen) atoms. The van der Waals surface area contributed by atoms with Gasteiger partial charge in [-0.15, -0.1) is 0 Å². The summed E-state index contributed by atoms with van der Waals surface area (Å²) in [7, 11) is 1.57. The van der Waals surface area contributed by atoms with Gasteiger partial charge in [0, 0.05) is 24.5 Å². The van der Waals surface area contributed by atoms with Crippen molar-refractivity contribution >= 4 is 17.4 Å². The highest BCUT2D eigenvalue weighted by atomic mass is 16.5. The molecule has 1 aliphatic rings. The van der Waals surface area contributed by atoms with Crippen LogP contribution in [0.3, 0.4) is 0 Å². The summed E-state index contributed by atoms with van der Waals surface area (Å²) in [6.07, 6.45) is 3.27. The van der Waals surface area contributed by atoms with Crippen molar-refractivity contribution in [3.8, 4) is 11.5 Å². The van der Waals surface area contributed by atoms with Crippen LogP contribution in [0, 0.1) is 6.92 Å². The average molecular weight is 521 g/mol. The van der Waals surface area contributed by atoms with Crippen molar-refractivity contribution < 1.29 is 24.2 Å². The van der Waals surface area contributed by atoms with Crippen molar-refractivity contribution in [2.45, 2.75) is 26.1 Å². The number of nitrogens with zero attached hydrogens (tertiary/aromatic N) is 2. The van der Waals surface area contributed by atoms with Crippen molar-refractivity contribution in [2.75, 3.05) is 7.11 Å². The molecule has 1 amide bonds. The van der Waals surface area contributed by atoms with Gasteiger partial charge >= 0.3 is 0 Å². The molecule has 1 aromatic heterocycles. The molecular weight excluding hydrogens is 492 g/mol. The van der Waals surface area contributed by atoms with Crippen LogP contribution in [0.25, 0.3) is 5.76 Å². The predicted octanol–water partition coefficient (Wildman–Crippen LogP) is 5.60. The molecule has 2 heterocycles. The predicted molar refractivity (Wildman–Crippen MR) is 147 cm³/mol. The zero-order valence-corrected chi connectivity index (χ0v) is 21.7. The first-order valence-electron chi connectivity index (χ1n) is 12.6. The normalized spacial score (nSPS) is 16.4. The lowest BCUT2D eigenvalue weighted by atomic mass is 9.95. The Kier molecular flexibility index (Phi) is 7.41. The van der Waals surface area contributed by atoms with E-state index in [2.05, 4.69) is 4.98 Å². The minimum absolute atomic E-state index is 0.0350.